The third kappa shape index (κ3) is 2.88. The summed E-state index contributed by atoms with van der Waals surface area (Å²) in [6, 6.07) is 10.6. The van der Waals surface area contributed by atoms with E-state index in [4.69, 9.17) is 0 Å². The zero-order valence-electron chi connectivity index (χ0n) is 15.8. The number of nitrogens with zero attached hydrogens (tertiary/aromatic N) is 3. The number of aromatic nitrogens is 2. The summed E-state index contributed by atoms with van der Waals surface area (Å²) < 4.78 is 2.27. The van der Waals surface area contributed by atoms with Crippen LogP contribution in [-0.2, 0) is 13.6 Å². The predicted octanol–water partition coefficient (Wildman–Crippen LogP) is 2.97. The van der Waals surface area contributed by atoms with Gasteiger partial charge in [-0.25, -0.2) is 0 Å². The third-order valence-electron chi connectivity index (χ3n) is 5.53. The van der Waals surface area contributed by atoms with Gasteiger partial charge in [-0.2, -0.15) is 0 Å². The van der Waals surface area contributed by atoms with Crippen LogP contribution in [0.2, 0.25) is 0 Å². The van der Waals surface area contributed by atoms with Crippen LogP contribution in [0, 0.1) is 6.92 Å². The zero-order chi connectivity index (χ0) is 19.0. The Morgan fingerprint density at radius 2 is 1.74 bits per heavy atom. The van der Waals surface area contributed by atoms with Crippen molar-refractivity contribution in [1.29, 1.82) is 0 Å². The lowest BCUT2D eigenvalue weighted by Crippen LogP contribution is -2.29. The van der Waals surface area contributed by atoms with Gasteiger partial charge in [-0.3, -0.25) is 9.88 Å². The summed E-state index contributed by atoms with van der Waals surface area (Å²) in [6.07, 6.45) is 3.78. The Labute approximate surface area is 158 Å². The average Bonchev–Trinajstić information content (AvgIpc) is 2.99. The van der Waals surface area contributed by atoms with Crippen LogP contribution in [0.4, 0.5) is 0 Å². The Kier molecular flexibility index (Phi) is 4.83. The van der Waals surface area contributed by atoms with Crippen LogP contribution < -0.4 is 0 Å². The molecule has 0 unspecified atom stereocenters. The van der Waals surface area contributed by atoms with E-state index in [2.05, 4.69) is 58.8 Å². The maximum Gasteiger partial charge on any atom is 0.0558 e. The second-order valence-corrected chi connectivity index (χ2v) is 7.05. The Balaban J connectivity index is 2.10. The number of aliphatic hydroxyl groups is 2. The number of fused-ring (bicyclic) bond motifs is 4. The van der Waals surface area contributed by atoms with Gasteiger partial charge < -0.3 is 14.8 Å². The molecule has 0 bridgehead atoms. The molecule has 5 heteroatoms. The second kappa shape index (κ2) is 7.27. The van der Waals surface area contributed by atoms with Crippen LogP contribution in [0.5, 0.6) is 0 Å². The number of aryl methyl sites for hydroxylation is 2. The highest BCUT2D eigenvalue weighted by Crippen LogP contribution is 2.38. The molecule has 0 atom stereocenters. The van der Waals surface area contributed by atoms with Crippen LogP contribution >= 0.6 is 0 Å². The summed E-state index contributed by atoms with van der Waals surface area (Å²) in [5, 5.41) is 23.7. The summed E-state index contributed by atoms with van der Waals surface area (Å²) in [5.41, 5.74) is 4.90. The summed E-state index contributed by atoms with van der Waals surface area (Å²) >= 11 is 0. The van der Waals surface area contributed by atoms with Crippen LogP contribution in [0.1, 0.15) is 11.1 Å². The monoisotopic (exact) mass is 363 g/mol. The molecule has 0 radical (unpaired) electrons. The first-order valence-corrected chi connectivity index (χ1v) is 9.33. The average molecular weight is 363 g/mol. The number of hydrogen-bond donors (Lipinski definition) is 2. The Morgan fingerprint density at radius 3 is 2.48 bits per heavy atom. The molecule has 27 heavy (non-hydrogen) atoms. The molecule has 0 saturated heterocycles. The topological polar surface area (TPSA) is 61.5 Å². The Morgan fingerprint density at radius 1 is 1.00 bits per heavy atom. The van der Waals surface area contributed by atoms with E-state index in [0.29, 0.717) is 19.6 Å². The molecule has 0 aliphatic heterocycles. The lowest BCUT2D eigenvalue weighted by molar-refractivity contribution is 0.156. The predicted molar refractivity (Wildman–Crippen MR) is 110 cm³/mol. The lowest BCUT2D eigenvalue weighted by Gasteiger charge is -2.22. The normalized spacial score (nSPS) is 12.0. The zero-order valence-corrected chi connectivity index (χ0v) is 15.8. The number of pyridine rings is 1. The molecule has 2 N–H and O–H groups in total. The molecule has 0 aliphatic rings. The van der Waals surface area contributed by atoms with Gasteiger partial charge in [0.25, 0.3) is 0 Å². The molecule has 0 amide bonds. The van der Waals surface area contributed by atoms with Gasteiger partial charge >= 0.3 is 0 Å². The van der Waals surface area contributed by atoms with Gasteiger partial charge in [-0.15, -0.1) is 0 Å². The maximum atomic E-state index is 9.45. The molecule has 2 heterocycles. The SMILES string of the molecule is Cc1c2ccncc2c(CN(CCO)CCO)c2c3ccccc3n(C)c12. The van der Waals surface area contributed by atoms with Crippen molar-refractivity contribution in [1.82, 2.24) is 14.5 Å². The van der Waals surface area contributed by atoms with Crippen LogP contribution in [0.15, 0.2) is 42.7 Å². The number of hydrogen-bond acceptors (Lipinski definition) is 4. The molecule has 0 saturated carbocycles. The summed E-state index contributed by atoms with van der Waals surface area (Å²) in [7, 11) is 2.12. The summed E-state index contributed by atoms with van der Waals surface area (Å²) in [4.78, 5) is 6.48. The van der Waals surface area contributed by atoms with E-state index in [0.717, 1.165) is 5.39 Å². The van der Waals surface area contributed by atoms with E-state index < -0.39 is 0 Å². The third-order valence-corrected chi connectivity index (χ3v) is 5.53. The van der Waals surface area contributed by atoms with Gasteiger partial charge in [0, 0.05) is 60.8 Å². The van der Waals surface area contributed by atoms with Gasteiger partial charge in [-0.1, -0.05) is 18.2 Å². The molecule has 5 nitrogen and oxygen atoms in total. The van der Waals surface area contributed by atoms with Crippen LogP contribution in [0.25, 0.3) is 32.6 Å². The lowest BCUT2D eigenvalue weighted by atomic mass is 9.95. The van der Waals surface area contributed by atoms with E-state index in [9.17, 15) is 10.2 Å². The van der Waals surface area contributed by atoms with Crippen molar-refractivity contribution in [3.8, 4) is 0 Å². The van der Waals surface area contributed by atoms with Gasteiger partial charge in [0.05, 0.1) is 18.7 Å². The smallest absolute Gasteiger partial charge is 0.0558 e. The number of para-hydroxylation sites is 1. The minimum absolute atomic E-state index is 0.0702. The van der Waals surface area contributed by atoms with Crippen molar-refractivity contribution in [3.63, 3.8) is 0 Å². The first-order valence-electron chi connectivity index (χ1n) is 9.33. The number of rotatable bonds is 6. The van der Waals surface area contributed by atoms with Gasteiger partial charge in [0.15, 0.2) is 0 Å². The molecule has 4 aromatic rings. The summed E-state index contributed by atoms with van der Waals surface area (Å²) in [6.45, 7) is 4.03. The molecular formula is C22H25N3O2. The van der Waals surface area contributed by atoms with Crippen molar-refractivity contribution in [2.24, 2.45) is 7.05 Å². The highest BCUT2D eigenvalue weighted by molar-refractivity contribution is 6.16. The number of aliphatic hydroxyl groups excluding tert-OH is 2. The van der Waals surface area contributed by atoms with Crippen LogP contribution in [0.3, 0.4) is 0 Å². The van der Waals surface area contributed by atoms with Gasteiger partial charge in [0.2, 0.25) is 0 Å². The molecule has 140 valence electrons. The first-order chi connectivity index (χ1) is 13.2. The van der Waals surface area contributed by atoms with Crippen molar-refractivity contribution in [3.05, 3.63) is 53.9 Å². The summed E-state index contributed by atoms with van der Waals surface area (Å²) in [5.74, 6) is 0. The largest absolute Gasteiger partial charge is 0.395 e. The van der Waals surface area contributed by atoms with Crippen molar-refractivity contribution in [2.45, 2.75) is 13.5 Å². The fourth-order valence-electron chi connectivity index (χ4n) is 4.30. The molecule has 2 aromatic heterocycles. The highest BCUT2D eigenvalue weighted by atomic mass is 16.3. The van der Waals surface area contributed by atoms with E-state index in [-0.39, 0.29) is 13.2 Å². The second-order valence-electron chi connectivity index (χ2n) is 7.05. The van der Waals surface area contributed by atoms with Crippen molar-refractivity contribution >= 4 is 32.6 Å². The minimum atomic E-state index is 0.0702. The molecule has 0 spiro atoms. The minimum Gasteiger partial charge on any atom is -0.395 e. The molecule has 0 aliphatic carbocycles. The van der Waals surface area contributed by atoms with Gasteiger partial charge in [-0.05, 0) is 35.6 Å². The van der Waals surface area contributed by atoms with Crippen molar-refractivity contribution < 1.29 is 10.2 Å². The van der Waals surface area contributed by atoms with E-state index >= 15 is 0 Å². The standard InChI is InChI=1S/C22H25N3O2/c1-15-16-7-8-23-13-18(16)19(14-25(9-11-26)10-12-27)21-17-5-3-4-6-20(17)24(2)22(15)21/h3-8,13,26-27H,9-12,14H2,1-2H3. The highest BCUT2D eigenvalue weighted by Gasteiger charge is 2.20. The molecule has 4 rings (SSSR count). The van der Waals surface area contributed by atoms with E-state index in [1.54, 1.807) is 0 Å². The maximum absolute atomic E-state index is 9.45. The van der Waals surface area contributed by atoms with E-state index in [1.807, 2.05) is 12.4 Å². The van der Waals surface area contributed by atoms with Crippen LogP contribution in [-0.4, -0.2) is 51.0 Å². The van der Waals surface area contributed by atoms with Gasteiger partial charge in [0.1, 0.15) is 0 Å². The first kappa shape index (κ1) is 17.9. The fraction of sp³-hybridized carbons (Fsp3) is 0.318. The Hall–Kier alpha value is -2.47. The number of benzene rings is 2. The Bertz CT molecular complexity index is 1110. The van der Waals surface area contributed by atoms with E-state index in [1.165, 1.54) is 38.3 Å². The molecule has 2 aromatic carbocycles. The molecule has 0 fully saturated rings. The quantitative estimate of drug-likeness (QED) is 0.553. The fourth-order valence-corrected chi connectivity index (χ4v) is 4.30. The van der Waals surface area contributed by atoms with Crippen molar-refractivity contribution in [2.75, 3.05) is 26.3 Å². The molecular weight excluding hydrogens is 338 g/mol.